The van der Waals surface area contributed by atoms with E-state index in [1.807, 2.05) is 19.2 Å². The minimum atomic E-state index is -0.178. The van der Waals surface area contributed by atoms with Gasteiger partial charge in [0, 0.05) is 12.5 Å². The Bertz CT molecular complexity index is 663. The van der Waals surface area contributed by atoms with Crippen molar-refractivity contribution in [3.63, 3.8) is 0 Å². The topological polar surface area (TPSA) is 67.8 Å². The molecule has 0 aliphatic rings. The summed E-state index contributed by atoms with van der Waals surface area (Å²) in [6.07, 6.45) is 1.90. The van der Waals surface area contributed by atoms with Crippen molar-refractivity contribution < 1.29 is 4.79 Å². The Morgan fingerprint density at radius 3 is 2.70 bits per heavy atom. The zero-order valence-electron chi connectivity index (χ0n) is 11.3. The molecule has 1 aromatic heterocycles. The van der Waals surface area contributed by atoms with Crippen LogP contribution in [0.25, 0.3) is 11.3 Å². The normalized spacial score (nSPS) is 10.4. The van der Waals surface area contributed by atoms with Gasteiger partial charge in [0.1, 0.15) is 5.69 Å². The highest BCUT2D eigenvalue weighted by atomic mass is 35.5. The highest BCUT2D eigenvalue weighted by Gasteiger charge is 2.10. The third-order valence-electron chi connectivity index (χ3n) is 2.57. The first-order valence-electron chi connectivity index (χ1n) is 5.84. The molecule has 0 unspecified atom stereocenters. The second-order valence-corrected chi connectivity index (χ2v) is 5.29. The second-order valence-electron chi connectivity index (χ2n) is 4.11. The SMILES string of the molecule is CSc1nnc(-c2ccc(Cl)c(NC(C)=O)c2)c(C)n1. The van der Waals surface area contributed by atoms with Crippen LogP contribution in [-0.4, -0.2) is 27.3 Å². The fourth-order valence-electron chi connectivity index (χ4n) is 1.70. The van der Waals surface area contributed by atoms with Crippen LogP contribution >= 0.6 is 23.4 Å². The van der Waals surface area contributed by atoms with E-state index in [2.05, 4.69) is 20.5 Å². The van der Waals surface area contributed by atoms with Crippen molar-refractivity contribution in [2.45, 2.75) is 19.0 Å². The number of carbonyl (C=O) groups is 1. The van der Waals surface area contributed by atoms with Gasteiger partial charge in [-0.05, 0) is 25.3 Å². The monoisotopic (exact) mass is 308 g/mol. The number of hydrogen-bond donors (Lipinski definition) is 1. The van der Waals surface area contributed by atoms with Crippen molar-refractivity contribution in [1.29, 1.82) is 0 Å². The molecule has 0 aliphatic carbocycles. The number of rotatable bonds is 3. The van der Waals surface area contributed by atoms with Crippen molar-refractivity contribution in [3.05, 3.63) is 28.9 Å². The summed E-state index contributed by atoms with van der Waals surface area (Å²) in [4.78, 5) is 15.5. The minimum absolute atomic E-state index is 0.178. The lowest BCUT2D eigenvalue weighted by molar-refractivity contribution is -0.114. The molecule has 0 bridgehead atoms. The second kappa shape index (κ2) is 6.19. The molecule has 1 N–H and O–H groups in total. The van der Waals surface area contributed by atoms with E-state index >= 15 is 0 Å². The van der Waals surface area contributed by atoms with Gasteiger partial charge in [-0.3, -0.25) is 4.79 Å². The number of aryl methyl sites for hydroxylation is 1. The predicted molar refractivity (Wildman–Crippen MR) is 81.1 cm³/mol. The third kappa shape index (κ3) is 3.26. The van der Waals surface area contributed by atoms with Crippen LogP contribution in [0.5, 0.6) is 0 Å². The number of halogens is 1. The molecule has 0 aliphatic heterocycles. The molecule has 1 amide bonds. The summed E-state index contributed by atoms with van der Waals surface area (Å²) < 4.78 is 0. The smallest absolute Gasteiger partial charge is 0.221 e. The summed E-state index contributed by atoms with van der Waals surface area (Å²) in [6.45, 7) is 3.30. The van der Waals surface area contributed by atoms with Crippen LogP contribution in [0, 0.1) is 6.92 Å². The summed E-state index contributed by atoms with van der Waals surface area (Å²) >= 11 is 7.48. The van der Waals surface area contributed by atoms with Gasteiger partial charge in [-0.15, -0.1) is 10.2 Å². The maximum absolute atomic E-state index is 11.2. The molecule has 0 fully saturated rings. The highest BCUT2D eigenvalue weighted by Crippen LogP contribution is 2.29. The molecule has 2 rings (SSSR count). The molecule has 104 valence electrons. The molecule has 1 heterocycles. The molecule has 5 nitrogen and oxygen atoms in total. The average molecular weight is 309 g/mol. The Morgan fingerprint density at radius 2 is 2.10 bits per heavy atom. The van der Waals surface area contributed by atoms with Crippen molar-refractivity contribution in [3.8, 4) is 11.3 Å². The summed E-state index contributed by atoms with van der Waals surface area (Å²) in [5.74, 6) is -0.178. The predicted octanol–water partition coefficient (Wildman–Crippen LogP) is 3.18. The summed E-state index contributed by atoms with van der Waals surface area (Å²) in [7, 11) is 0. The van der Waals surface area contributed by atoms with Gasteiger partial charge in [0.15, 0.2) is 0 Å². The van der Waals surface area contributed by atoms with Crippen LogP contribution in [0.1, 0.15) is 12.6 Å². The van der Waals surface area contributed by atoms with Crippen LogP contribution < -0.4 is 5.32 Å². The standard InChI is InChI=1S/C13H13ClN4OS/c1-7-12(17-18-13(15-7)20-3)9-4-5-10(14)11(6-9)16-8(2)19/h4-6H,1-3H3,(H,16,19). The van der Waals surface area contributed by atoms with Gasteiger partial charge in [0.2, 0.25) is 11.1 Å². The number of amides is 1. The molecule has 20 heavy (non-hydrogen) atoms. The lowest BCUT2D eigenvalue weighted by Crippen LogP contribution is -2.06. The third-order valence-corrected chi connectivity index (χ3v) is 3.44. The Kier molecular flexibility index (Phi) is 4.57. The van der Waals surface area contributed by atoms with E-state index in [1.54, 1.807) is 12.1 Å². The van der Waals surface area contributed by atoms with Gasteiger partial charge in [0.25, 0.3) is 0 Å². The first-order chi connectivity index (χ1) is 9.51. The molecule has 0 atom stereocenters. The molecule has 0 spiro atoms. The lowest BCUT2D eigenvalue weighted by atomic mass is 10.1. The summed E-state index contributed by atoms with van der Waals surface area (Å²) in [5.41, 5.74) is 2.81. The van der Waals surface area contributed by atoms with Crippen LogP contribution in [0.15, 0.2) is 23.4 Å². The van der Waals surface area contributed by atoms with Crippen LogP contribution in [0.2, 0.25) is 5.02 Å². The van der Waals surface area contributed by atoms with E-state index in [-0.39, 0.29) is 5.91 Å². The molecule has 2 aromatic rings. The number of anilines is 1. The first-order valence-corrected chi connectivity index (χ1v) is 7.44. The molecule has 0 radical (unpaired) electrons. The molecular weight excluding hydrogens is 296 g/mol. The summed E-state index contributed by atoms with van der Waals surface area (Å²) in [5, 5.41) is 12.0. The Hall–Kier alpha value is -1.66. The average Bonchev–Trinajstić information content (AvgIpc) is 2.41. The van der Waals surface area contributed by atoms with Gasteiger partial charge in [-0.2, -0.15) is 0 Å². The van der Waals surface area contributed by atoms with Crippen molar-refractivity contribution >= 4 is 35.0 Å². The van der Waals surface area contributed by atoms with E-state index in [0.29, 0.717) is 21.6 Å². The number of hydrogen-bond acceptors (Lipinski definition) is 5. The number of benzene rings is 1. The maximum Gasteiger partial charge on any atom is 0.221 e. The molecule has 7 heteroatoms. The number of nitrogens with one attached hydrogen (secondary N) is 1. The zero-order chi connectivity index (χ0) is 14.7. The van der Waals surface area contributed by atoms with Gasteiger partial charge in [0.05, 0.1) is 16.4 Å². The van der Waals surface area contributed by atoms with Crippen LogP contribution in [0.3, 0.4) is 0 Å². The van der Waals surface area contributed by atoms with Crippen LogP contribution in [-0.2, 0) is 4.79 Å². The quantitative estimate of drug-likeness (QED) is 0.882. The number of thioether (sulfide) groups is 1. The fourth-order valence-corrected chi connectivity index (χ4v) is 2.21. The van der Waals surface area contributed by atoms with E-state index in [9.17, 15) is 4.79 Å². The number of nitrogens with zero attached hydrogens (tertiary/aromatic N) is 3. The molecular formula is C13H13ClN4OS. The van der Waals surface area contributed by atoms with Crippen molar-refractivity contribution in [2.75, 3.05) is 11.6 Å². The molecule has 0 saturated carbocycles. The zero-order valence-corrected chi connectivity index (χ0v) is 12.8. The van der Waals surface area contributed by atoms with Crippen molar-refractivity contribution in [1.82, 2.24) is 15.2 Å². The van der Waals surface area contributed by atoms with Crippen LogP contribution in [0.4, 0.5) is 5.69 Å². The van der Waals surface area contributed by atoms with E-state index in [4.69, 9.17) is 11.6 Å². The Balaban J connectivity index is 2.45. The van der Waals surface area contributed by atoms with E-state index in [1.165, 1.54) is 18.7 Å². The number of carbonyl (C=O) groups excluding carboxylic acids is 1. The van der Waals surface area contributed by atoms with Gasteiger partial charge in [-0.25, -0.2) is 4.98 Å². The minimum Gasteiger partial charge on any atom is -0.325 e. The molecule has 0 saturated heterocycles. The van der Waals surface area contributed by atoms with Gasteiger partial charge < -0.3 is 5.32 Å². The Morgan fingerprint density at radius 1 is 1.35 bits per heavy atom. The summed E-state index contributed by atoms with van der Waals surface area (Å²) in [6, 6.07) is 5.30. The van der Waals surface area contributed by atoms with E-state index < -0.39 is 0 Å². The molecule has 1 aromatic carbocycles. The van der Waals surface area contributed by atoms with Crippen molar-refractivity contribution in [2.24, 2.45) is 0 Å². The van der Waals surface area contributed by atoms with Gasteiger partial charge >= 0.3 is 0 Å². The Labute approximate surface area is 126 Å². The number of aromatic nitrogens is 3. The first kappa shape index (κ1) is 14.7. The van der Waals surface area contributed by atoms with E-state index in [0.717, 1.165) is 11.3 Å². The maximum atomic E-state index is 11.2. The fraction of sp³-hybridized carbons (Fsp3) is 0.231. The highest BCUT2D eigenvalue weighted by molar-refractivity contribution is 7.98. The van der Waals surface area contributed by atoms with Gasteiger partial charge in [-0.1, -0.05) is 29.4 Å². The largest absolute Gasteiger partial charge is 0.325 e. The lowest BCUT2D eigenvalue weighted by Gasteiger charge is -2.09.